The van der Waals surface area contributed by atoms with Crippen molar-refractivity contribution in [2.45, 2.75) is 37.1 Å². The molecule has 2 rings (SSSR count). The Morgan fingerprint density at radius 2 is 2.16 bits per heavy atom. The quantitative estimate of drug-likeness (QED) is 0.830. The van der Waals surface area contributed by atoms with Gasteiger partial charge in [0.1, 0.15) is 4.90 Å². The molecule has 0 aliphatic heterocycles. The molecule has 6 heteroatoms. The second-order valence-electron chi connectivity index (χ2n) is 4.75. The molecule has 0 saturated heterocycles. The average Bonchev–Trinajstić information content (AvgIpc) is 3.13. The molecule has 1 saturated carbocycles. The van der Waals surface area contributed by atoms with Crippen molar-refractivity contribution >= 4 is 15.7 Å². The standard InChI is InChI=1S/C13H17N3O2S/c1-10-4-2-5-12(15)13(10)19(17,18)16(9-3-8-14)11-6-7-11/h2,4-5,11H,3,6-7,9,15H2,1H3. The number of nitrogens with two attached hydrogens (primary N) is 1. The van der Waals surface area contributed by atoms with Crippen LogP contribution in [0.25, 0.3) is 0 Å². The number of hydrogen-bond donors (Lipinski definition) is 1. The third kappa shape index (κ3) is 2.72. The van der Waals surface area contributed by atoms with Crippen LogP contribution in [0, 0.1) is 18.3 Å². The number of benzene rings is 1. The van der Waals surface area contributed by atoms with E-state index in [4.69, 9.17) is 11.0 Å². The maximum Gasteiger partial charge on any atom is 0.245 e. The summed E-state index contributed by atoms with van der Waals surface area (Å²) in [5, 5.41) is 8.67. The van der Waals surface area contributed by atoms with Crippen LogP contribution in [0.1, 0.15) is 24.8 Å². The number of rotatable bonds is 5. The Morgan fingerprint density at radius 3 is 2.68 bits per heavy atom. The van der Waals surface area contributed by atoms with Crippen molar-refractivity contribution in [3.63, 3.8) is 0 Å². The van der Waals surface area contributed by atoms with Gasteiger partial charge in [-0.25, -0.2) is 8.42 Å². The predicted molar refractivity (Wildman–Crippen MR) is 72.7 cm³/mol. The first-order valence-electron chi connectivity index (χ1n) is 6.22. The van der Waals surface area contributed by atoms with Gasteiger partial charge in [-0.2, -0.15) is 9.57 Å². The second kappa shape index (κ2) is 5.19. The average molecular weight is 279 g/mol. The van der Waals surface area contributed by atoms with Crippen LogP contribution >= 0.6 is 0 Å². The number of anilines is 1. The van der Waals surface area contributed by atoms with Crippen molar-refractivity contribution in [2.75, 3.05) is 12.3 Å². The van der Waals surface area contributed by atoms with E-state index in [0.29, 0.717) is 5.56 Å². The number of hydrogen-bond acceptors (Lipinski definition) is 4. The SMILES string of the molecule is Cc1cccc(N)c1S(=O)(=O)N(CCC#N)C1CC1. The third-order valence-corrected chi connectivity index (χ3v) is 5.38. The Kier molecular flexibility index (Phi) is 3.78. The molecule has 1 aromatic carbocycles. The molecule has 0 amide bonds. The van der Waals surface area contributed by atoms with Crippen LogP contribution in [-0.4, -0.2) is 25.3 Å². The molecule has 0 spiro atoms. The molecule has 1 aliphatic rings. The van der Waals surface area contributed by atoms with Crippen LogP contribution in [0.2, 0.25) is 0 Å². The number of sulfonamides is 1. The van der Waals surface area contributed by atoms with Gasteiger partial charge in [0.2, 0.25) is 10.0 Å². The van der Waals surface area contributed by atoms with Gasteiger partial charge in [-0.1, -0.05) is 12.1 Å². The topological polar surface area (TPSA) is 87.2 Å². The number of nitrogens with zero attached hydrogens (tertiary/aromatic N) is 2. The van der Waals surface area contributed by atoms with Gasteiger partial charge in [-0.05, 0) is 31.4 Å². The summed E-state index contributed by atoms with van der Waals surface area (Å²) in [6, 6.07) is 7.09. The molecule has 19 heavy (non-hydrogen) atoms. The number of aryl methyl sites for hydroxylation is 1. The zero-order valence-electron chi connectivity index (χ0n) is 10.8. The van der Waals surface area contributed by atoms with E-state index >= 15 is 0 Å². The largest absolute Gasteiger partial charge is 0.398 e. The van der Waals surface area contributed by atoms with Crippen LogP contribution in [0.5, 0.6) is 0 Å². The molecule has 0 heterocycles. The van der Waals surface area contributed by atoms with E-state index in [1.54, 1.807) is 25.1 Å². The smallest absolute Gasteiger partial charge is 0.245 e. The summed E-state index contributed by atoms with van der Waals surface area (Å²) >= 11 is 0. The highest BCUT2D eigenvalue weighted by Crippen LogP contribution is 2.34. The highest BCUT2D eigenvalue weighted by atomic mass is 32.2. The minimum absolute atomic E-state index is 0.0253. The van der Waals surface area contributed by atoms with E-state index in [1.807, 2.05) is 6.07 Å². The van der Waals surface area contributed by atoms with Gasteiger partial charge < -0.3 is 5.73 Å². The van der Waals surface area contributed by atoms with Crippen LogP contribution in [0.3, 0.4) is 0 Å². The van der Waals surface area contributed by atoms with Crippen molar-refractivity contribution in [1.29, 1.82) is 5.26 Å². The summed E-state index contributed by atoms with van der Waals surface area (Å²) in [5.41, 5.74) is 6.73. The van der Waals surface area contributed by atoms with Crippen molar-refractivity contribution in [3.8, 4) is 6.07 Å². The van der Waals surface area contributed by atoms with Crippen LogP contribution in [0.15, 0.2) is 23.1 Å². The summed E-state index contributed by atoms with van der Waals surface area (Å²) in [6.07, 6.45) is 1.91. The first-order chi connectivity index (χ1) is 8.98. The lowest BCUT2D eigenvalue weighted by Gasteiger charge is -2.22. The Morgan fingerprint density at radius 1 is 1.47 bits per heavy atom. The summed E-state index contributed by atoms with van der Waals surface area (Å²) in [7, 11) is -3.61. The van der Waals surface area contributed by atoms with Gasteiger partial charge >= 0.3 is 0 Å². The first kappa shape index (κ1) is 13.8. The van der Waals surface area contributed by atoms with Crippen molar-refractivity contribution < 1.29 is 8.42 Å². The number of nitrogen functional groups attached to an aromatic ring is 1. The molecule has 0 unspecified atom stereocenters. The normalized spacial score (nSPS) is 15.4. The minimum Gasteiger partial charge on any atom is -0.398 e. The lowest BCUT2D eigenvalue weighted by atomic mass is 10.2. The molecule has 1 aliphatic carbocycles. The fourth-order valence-electron chi connectivity index (χ4n) is 2.17. The monoisotopic (exact) mass is 279 g/mol. The molecular weight excluding hydrogens is 262 g/mol. The van der Waals surface area contributed by atoms with E-state index in [9.17, 15) is 8.42 Å². The van der Waals surface area contributed by atoms with Gasteiger partial charge in [0, 0.05) is 19.0 Å². The van der Waals surface area contributed by atoms with E-state index in [0.717, 1.165) is 12.8 Å². The lowest BCUT2D eigenvalue weighted by molar-refractivity contribution is 0.411. The van der Waals surface area contributed by atoms with Crippen LogP contribution in [-0.2, 0) is 10.0 Å². The van der Waals surface area contributed by atoms with Crippen molar-refractivity contribution in [1.82, 2.24) is 4.31 Å². The molecular formula is C13H17N3O2S. The van der Waals surface area contributed by atoms with Gasteiger partial charge in [-0.3, -0.25) is 0 Å². The fourth-order valence-corrected chi connectivity index (χ4v) is 4.18. The maximum atomic E-state index is 12.7. The Hall–Kier alpha value is -1.58. The molecule has 1 aromatic rings. The molecule has 0 bridgehead atoms. The van der Waals surface area contributed by atoms with E-state index in [-0.39, 0.29) is 29.6 Å². The Balaban J connectivity index is 2.42. The van der Waals surface area contributed by atoms with Gasteiger partial charge in [0.15, 0.2) is 0 Å². The Bertz CT molecular complexity index is 595. The van der Waals surface area contributed by atoms with Crippen molar-refractivity contribution in [3.05, 3.63) is 23.8 Å². The van der Waals surface area contributed by atoms with E-state index < -0.39 is 10.0 Å². The zero-order chi connectivity index (χ0) is 14.0. The molecule has 5 nitrogen and oxygen atoms in total. The summed E-state index contributed by atoms with van der Waals surface area (Å²) in [6.45, 7) is 1.97. The summed E-state index contributed by atoms with van der Waals surface area (Å²) < 4.78 is 26.8. The van der Waals surface area contributed by atoms with E-state index in [1.165, 1.54) is 4.31 Å². The third-order valence-electron chi connectivity index (χ3n) is 3.21. The second-order valence-corrected chi connectivity index (χ2v) is 6.58. The fraction of sp³-hybridized carbons (Fsp3) is 0.462. The zero-order valence-corrected chi connectivity index (χ0v) is 11.7. The minimum atomic E-state index is -3.61. The molecule has 0 radical (unpaired) electrons. The van der Waals surface area contributed by atoms with Crippen LogP contribution < -0.4 is 5.73 Å². The molecule has 0 atom stereocenters. The highest BCUT2D eigenvalue weighted by molar-refractivity contribution is 7.89. The van der Waals surface area contributed by atoms with E-state index in [2.05, 4.69) is 0 Å². The molecule has 0 aromatic heterocycles. The van der Waals surface area contributed by atoms with Gasteiger partial charge in [-0.15, -0.1) is 0 Å². The molecule has 1 fully saturated rings. The first-order valence-corrected chi connectivity index (χ1v) is 7.66. The lowest BCUT2D eigenvalue weighted by Crippen LogP contribution is -2.34. The highest BCUT2D eigenvalue weighted by Gasteiger charge is 2.39. The van der Waals surface area contributed by atoms with Gasteiger partial charge in [0.25, 0.3) is 0 Å². The molecule has 2 N–H and O–H groups in total. The van der Waals surface area contributed by atoms with Crippen molar-refractivity contribution in [2.24, 2.45) is 0 Å². The van der Waals surface area contributed by atoms with Crippen LogP contribution in [0.4, 0.5) is 5.69 Å². The maximum absolute atomic E-state index is 12.7. The predicted octanol–water partition coefficient (Wildman–Crippen LogP) is 1.64. The summed E-state index contributed by atoms with van der Waals surface area (Å²) in [5.74, 6) is 0. The Labute approximate surface area is 113 Å². The summed E-state index contributed by atoms with van der Waals surface area (Å²) in [4.78, 5) is 0.180. The van der Waals surface area contributed by atoms with Gasteiger partial charge in [0.05, 0.1) is 11.8 Å². The number of nitriles is 1. The molecule has 102 valence electrons.